The van der Waals surface area contributed by atoms with E-state index in [1.54, 1.807) is 15.8 Å². The van der Waals surface area contributed by atoms with Crippen molar-refractivity contribution in [2.45, 2.75) is 24.0 Å². The van der Waals surface area contributed by atoms with Crippen LogP contribution in [0.15, 0.2) is 20.1 Å². The Labute approximate surface area is 109 Å². The van der Waals surface area contributed by atoms with Crippen molar-refractivity contribution in [3.63, 3.8) is 0 Å². The highest BCUT2D eigenvalue weighted by Gasteiger charge is 2.30. The molecule has 1 aliphatic heterocycles. The van der Waals surface area contributed by atoms with Crippen LogP contribution in [0.5, 0.6) is 0 Å². The largest absolute Gasteiger partial charge is 0.253 e. The summed E-state index contributed by atoms with van der Waals surface area (Å²) in [6.45, 7) is 3.46. The average Bonchev–Trinajstić information content (AvgIpc) is 2.66. The van der Waals surface area contributed by atoms with E-state index in [4.69, 9.17) is 0 Å². The molecule has 2 rings (SSSR count). The maximum atomic E-state index is 12.3. The van der Waals surface area contributed by atoms with E-state index in [9.17, 15) is 8.42 Å². The lowest BCUT2D eigenvalue weighted by atomic mass is 10.0. The molecule has 90 valence electrons. The summed E-state index contributed by atoms with van der Waals surface area (Å²) in [7, 11) is -3.27. The van der Waals surface area contributed by atoms with Crippen LogP contribution in [0.25, 0.3) is 0 Å². The molecule has 0 saturated carbocycles. The van der Waals surface area contributed by atoms with Gasteiger partial charge in [0.1, 0.15) is 4.21 Å². The topological polar surface area (TPSA) is 37.4 Å². The number of nitrogens with zero attached hydrogens (tertiary/aromatic N) is 1. The molecule has 0 aromatic carbocycles. The minimum absolute atomic E-state index is 0.432. The Bertz CT molecular complexity index is 461. The summed E-state index contributed by atoms with van der Waals surface area (Å²) in [5, 5.41) is 1.80. The Balaban J connectivity index is 2.23. The van der Waals surface area contributed by atoms with Crippen molar-refractivity contribution >= 4 is 37.3 Å². The summed E-state index contributed by atoms with van der Waals surface area (Å²) in [5.74, 6) is 0.637. The average molecular weight is 324 g/mol. The molecule has 1 aliphatic rings. The van der Waals surface area contributed by atoms with Crippen LogP contribution >= 0.6 is 27.3 Å². The molecule has 0 atom stereocenters. The molecule has 0 aliphatic carbocycles. The van der Waals surface area contributed by atoms with Gasteiger partial charge >= 0.3 is 0 Å². The molecule has 1 saturated heterocycles. The third-order valence-corrected chi connectivity index (χ3v) is 7.45. The van der Waals surface area contributed by atoms with Crippen molar-refractivity contribution in [3.8, 4) is 0 Å². The van der Waals surface area contributed by atoms with E-state index < -0.39 is 10.0 Å². The third-order valence-electron chi connectivity index (χ3n) is 2.90. The van der Waals surface area contributed by atoms with Crippen LogP contribution in [0.3, 0.4) is 0 Å². The van der Waals surface area contributed by atoms with Crippen LogP contribution in [-0.4, -0.2) is 25.8 Å². The predicted molar refractivity (Wildman–Crippen MR) is 69.2 cm³/mol. The Kier molecular flexibility index (Phi) is 3.73. The van der Waals surface area contributed by atoms with E-state index in [1.807, 2.05) is 0 Å². The zero-order valence-electron chi connectivity index (χ0n) is 9.02. The van der Waals surface area contributed by atoms with Gasteiger partial charge in [0, 0.05) is 17.6 Å². The van der Waals surface area contributed by atoms with Gasteiger partial charge in [-0.1, -0.05) is 6.92 Å². The first-order valence-electron chi connectivity index (χ1n) is 5.25. The fourth-order valence-electron chi connectivity index (χ4n) is 1.81. The summed E-state index contributed by atoms with van der Waals surface area (Å²) in [6, 6.07) is 1.78. The van der Waals surface area contributed by atoms with E-state index in [1.165, 1.54) is 11.3 Å². The summed E-state index contributed by atoms with van der Waals surface area (Å²) in [4.78, 5) is 0. The Hall–Kier alpha value is 0.0900. The Morgan fingerprint density at radius 2 is 2.06 bits per heavy atom. The Morgan fingerprint density at radius 3 is 2.56 bits per heavy atom. The first kappa shape index (κ1) is 12.5. The van der Waals surface area contributed by atoms with Crippen molar-refractivity contribution in [3.05, 3.63) is 15.9 Å². The van der Waals surface area contributed by atoms with Crippen molar-refractivity contribution in [2.75, 3.05) is 13.1 Å². The highest BCUT2D eigenvalue weighted by molar-refractivity contribution is 9.10. The number of halogens is 1. The lowest BCUT2D eigenvalue weighted by Gasteiger charge is -2.29. The smallest absolute Gasteiger partial charge is 0.206 e. The van der Waals surface area contributed by atoms with Crippen LogP contribution in [0.2, 0.25) is 0 Å². The fourth-order valence-corrected chi connectivity index (χ4v) is 5.73. The van der Waals surface area contributed by atoms with E-state index in [0.717, 1.165) is 12.8 Å². The minimum Gasteiger partial charge on any atom is -0.206 e. The highest BCUT2D eigenvalue weighted by atomic mass is 79.9. The van der Waals surface area contributed by atoms with Gasteiger partial charge in [-0.25, -0.2) is 8.42 Å². The second-order valence-electron chi connectivity index (χ2n) is 4.14. The van der Waals surface area contributed by atoms with Crippen molar-refractivity contribution < 1.29 is 8.42 Å². The van der Waals surface area contributed by atoms with Gasteiger partial charge in [0.05, 0.1) is 0 Å². The summed E-state index contributed by atoms with van der Waals surface area (Å²) < 4.78 is 27.3. The van der Waals surface area contributed by atoms with Gasteiger partial charge in [0.15, 0.2) is 0 Å². The minimum atomic E-state index is -3.27. The number of sulfonamides is 1. The monoisotopic (exact) mass is 323 g/mol. The molecule has 6 heteroatoms. The first-order valence-corrected chi connectivity index (χ1v) is 8.36. The quantitative estimate of drug-likeness (QED) is 0.839. The standard InChI is InChI=1S/C10H14BrNO2S2/c1-8-2-5-12(6-3-8)16(13,14)10-9(11)4-7-15-10/h4,7-8H,2-3,5-6H2,1H3. The maximum Gasteiger partial charge on any atom is 0.253 e. The van der Waals surface area contributed by atoms with Gasteiger partial charge in [-0.15, -0.1) is 11.3 Å². The van der Waals surface area contributed by atoms with E-state index >= 15 is 0 Å². The van der Waals surface area contributed by atoms with Gasteiger partial charge in [-0.2, -0.15) is 4.31 Å². The predicted octanol–water partition coefficient (Wildman–Crippen LogP) is 2.93. The summed E-state index contributed by atoms with van der Waals surface area (Å²) in [5.41, 5.74) is 0. The molecule has 0 radical (unpaired) electrons. The molecular weight excluding hydrogens is 310 g/mol. The number of rotatable bonds is 2. The first-order chi connectivity index (χ1) is 7.51. The molecule has 1 fully saturated rings. The van der Waals surface area contributed by atoms with Crippen LogP contribution in [-0.2, 0) is 10.0 Å². The molecule has 16 heavy (non-hydrogen) atoms. The van der Waals surface area contributed by atoms with Gasteiger partial charge in [0.25, 0.3) is 10.0 Å². The SMILES string of the molecule is CC1CCN(S(=O)(=O)c2sccc2Br)CC1. The molecule has 1 aromatic heterocycles. The van der Waals surface area contributed by atoms with Gasteiger partial charge < -0.3 is 0 Å². The zero-order valence-corrected chi connectivity index (χ0v) is 12.2. The van der Waals surface area contributed by atoms with Crippen LogP contribution in [0.1, 0.15) is 19.8 Å². The molecule has 0 spiro atoms. The number of hydrogen-bond donors (Lipinski definition) is 0. The van der Waals surface area contributed by atoms with Crippen molar-refractivity contribution in [2.24, 2.45) is 5.92 Å². The van der Waals surface area contributed by atoms with E-state index in [0.29, 0.717) is 27.7 Å². The third kappa shape index (κ3) is 2.34. The number of hydrogen-bond acceptors (Lipinski definition) is 3. The van der Waals surface area contributed by atoms with Crippen molar-refractivity contribution in [1.82, 2.24) is 4.31 Å². The molecule has 2 heterocycles. The molecule has 1 aromatic rings. The lowest BCUT2D eigenvalue weighted by molar-refractivity contribution is 0.288. The second-order valence-corrected chi connectivity index (χ2v) is 8.05. The molecule has 0 N–H and O–H groups in total. The number of piperidine rings is 1. The second kappa shape index (κ2) is 4.76. The molecule has 0 bridgehead atoms. The van der Waals surface area contributed by atoms with E-state index in [2.05, 4.69) is 22.9 Å². The van der Waals surface area contributed by atoms with E-state index in [-0.39, 0.29) is 0 Å². The number of thiophene rings is 1. The van der Waals surface area contributed by atoms with Crippen LogP contribution < -0.4 is 0 Å². The van der Waals surface area contributed by atoms with Crippen molar-refractivity contribution in [1.29, 1.82) is 0 Å². The highest BCUT2D eigenvalue weighted by Crippen LogP contribution is 2.32. The van der Waals surface area contributed by atoms with Gasteiger partial charge in [0.2, 0.25) is 0 Å². The molecule has 3 nitrogen and oxygen atoms in total. The molecule has 0 amide bonds. The summed E-state index contributed by atoms with van der Waals surface area (Å²) in [6.07, 6.45) is 1.92. The Morgan fingerprint density at radius 1 is 1.44 bits per heavy atom. The molecular formula is C10H14BrNO2S2. The fraction of sp³-hybridized carbons (Fsp3) is 0.600. The zero-order chi connectivity index (χ0) is 11.8. The van der Waals surface area contributed by atoms with Gasteiger partial charge in [-0.3, -0.25) is 0 Å². The normalized spacial score (nSPS) is 20.1. The van der Waals surface area contributed by atoms with Crippen LogP contribution in [0, 0.1) is 5.92 Å². The lowest BCUT2D eigenvalue weighted by Crippen LogP contribution is -2.37. The van der Waals surface area contributed by atoms with Crippen LogP contribution in [0.4, 0.5) is 0 Å². The maximum absolute atomic E-state index is 12.3. The van der Waals surface area contributed by atoms with Gasteiger partial charge in [-0.05, 0) is 46.1 Å². The molecule has 0 unspecified atom stereocenters. The summed E-state index contributed by atoms with van der Waals surface area (Å²) >= 11 is 4.56.